The summed E-state index contributed by atoms with van der Waals surface area (Å²) in [6.07, 6.45) is -0.567. The van der Waals surface area contributed by atoms with Crippen molar-refractivity contribution < 1.29 is 13.2 Å². The van der Waals surface area contributed by atoms with Crippen LogP contribution in [0.15, 0.2) is 6.07 Å². The molecule has 1 heterocycles. The molecule has 0 radical (unpaired) electrons. The monoisotopic (exact) mass is 281 g/mol. The molecule has 106 valence electrons. The van der Waals surface area contributed by atoms with E-state index in [2.05, 4.69) is 10.3 Å². The average molecular weight is 281 g/mol. The van der Waals surface area contributed by atoms with Crippen LogP contribution in [-0.4, -0.2) is 16.7 Å². The maximum atomic E-state index is 13.0. The predicted molar refractivity (Wildman–Crippen MR) is 67.2 cm³/mol. The third-order valence-electron chi connectivity index (χ3n) is 4.07. The number of nitrogens with zero attached hydrogens (tertiary/aromatic N) is 2. The quantitative estimate of drug-likeness (QED) is 0.904. The molecule has 3 rings (SSSR count). The molecular weight excluding hydrogens is 267 g/mol. The van der Waals surface area contributed by atoms with Gasteiger partial charge in [-0.25, -0.2) is 4.98 Å². The van der Waals surface area contributed by atoms with E-state index in [1.165, 1.54) is 0 Å². The SMILES string of the molecule is N#Cc1cc2c(nc1NC1(C(F)(F)F)CC1)CCCC2. The van der Waals surface area contributed by atoms with Gasteiger partial charge >= 0.3 is 6.18 Å². The summed E-state index contributed by atoms with van der Waals surface area (Å²) in [5, 5.41) is 11.6. The van der Waals surface area contributed by atoms with E-state index in [4.69, 9.17) is 5.26 Å². The Bertz CT molecular complexity index is 583. The number of fused-ring (bicyclic) bond motifs is 1. The minimum Gasteiger partial charge on any atom is -0.355 e. The number of hydrogen-bond acceptors (Lipinski definition) is 3. The maximum Gasteiger partial charge on any atom is 0.411 e. The maximum absolute atomic E-state index is 13.0. The molecule has 0 bridgehead atoms. The number of nitriles is 1. The molecule has 1 aromatic heterocycles. The summed E-state index contributed by atoms with van der Waals surface area (Å²) >= 11 is 0. The first-order valence-electron chi connectivity index (χ1n) is 6.73. The highest BCUT2D eigenvalue weighted by molar-refractivity contribution is 5.57. The summed E-state index contributed by atoms with van der Waals surface area (Å²) in [6.45, 7) is 0. The van der Waals surface area contributed by atoms with Crippen molar-refractivity contribution in [2.45, 2.75) is 50.2 Å². The number of nitrogens with one attached hydrogen (secondary N) is 1. The van der Waals surface area contributed by atoms with E-state index in [0.717, 1.165) is 36.9 Å². The largest absolute Gasteiger partial charge is 0.411 e. The van der Waals surface area contributed by atoms with Crippen LogP contribution in [0.2, 0.25) is 0 Å². The first-order valence-corrected chi connectivity index (χ1v) is 6.73. The van der Waals surface area contributed by atoms with Gasteiger partial charge in [-0.05, 0) is 50.2 Å². The number of aromatic nitrogens is 1. The van der Waals surface area contributed by atoms with Gasteiger partial charge in [0.1, 0.15) is 17.4 Å². The molecule has 0 spiro atoms. The fraction of sp³-hybridized carbons (Fsp3) is 0.571. The minimum absolute atomic E-state index is 0.0418. The van der Waals surface area contributed by atoms with Crippen molar-refractivity contribution in [3.8, 4) is 6.07 Å². The van der Waals surface area contributed by atoms with Crippen molar-refractivity contribution in [2.24, 2.45) is 0 Å². The lowest BCUT2D eigenvalue weighted by atomic mass is 9.95. The summed E-state index contributed by atoms with van der Waals surface area (Å²) in [5.41, 5.74) is 0.154. The second-order valence-electron chi connectivity index (χ2n) is 5.51. The number of halogens is 3. The fourth-order valence-corrected chi connectivity index (χ4v) is 2.65. The highest BCUT2D eigenvalue weighted by Crippen LogP contribution is 2.51. The standard InChI is InChI=1S/C14H14F3N3/c15-14(16,17)13(5-6-13)20-12-10(8-18)7-9-3-1-2-4-11(9)19-12/h7H,1-6H2,(H,19,20). The Balaban J connectivity index is 1.96. The number of anilines is 1. The number of rotatable bonds is 2. The molecule has 0 aliphatic heterocycles. The highest BCUT2D eigenvalue weighted by Gasteiger charge is 2.63. The Hall–Kier alpha value is -1.77. The van der Waals surface area contributed by atoms with Crippen LogP contribution in [0.4, 0.5) is 19.0 Å². The summed E-state index contributed by atoms with van der Waals surface area (Å²) in [4.78, 5) is 4.29. The van der Waals surface area contributed by atoms with Crippen LogP contribution < -0.4 is 5.32 Å². The zero-order chi connectivity index (χ0) is 14.4. The Labute approximate surface area is 114 Å². The van der Waals surface area contributed by atoms with Crippen molar-refractivity contribution >= 4 is 5.82 Å². The second kappa shape index (κ2) is 4.37. The summed E-state index contributed by atoms with van der Waals surface area (Å²) in [7, 11) is 0. The van der Waals surface area contributed by atoms with Gasteiger partial charge < -0.3 is 5.32 Å². The molecule has 1 N–H and O–H groups in total. The molecular formula is C14H14F3N3. The molecule has 2 aliphatic carbocycles. The van der Waals surface area contributed by atoms with E-state index in [-0.39, 0.29) is 24.2 Å². The third kappa shape index (κ3) is 2.11. The normalized spacial score (nSPS) is 19.9. The molecule has 1 saturated carbocycles. The van der Waals surface area contributed by atoms with Crippen molar-refractivity contribution in [2.75, 3.05) is 5.32 Å². The van der Waals surface area contributed by atoms with Crippen LogP contribution >= 0.6 is 0 Å². The molecule has 0 atom stereocenters. The van der Waals surface area contributed by atoms with Crippen LogP contribution in [0.25, 0.3) is 0 Å². The highest BCUT2D eigenvalue weighted by atomic mass is 19.4. The van der Waals surface area contributed by atoms with Crippen LogP contribution in [0.5, 0.6) is 0 Å². The van der Waals surface area contributed by atoms with Crippen molar-refractivity contribution in [3.63, 3.8) is 0 Å². The summed E-state index contributed by atoms with van der Waals surface area (Å²) in [5.74, 6) is 0.0861. The molecule has 0 saturated heterocycles. The van der Waals surface area contributed by atoms with Gasteiger partial charge in [-0.3, -0.25) is 0 Å². The molecule has 0 unspecified atom stereocenters. The molecule has 1 fully saturated rings. The van der Waals surface area contributed by atoms with Gasteiger partial charge in [-0.2, -0.15) is 18.4 Å². The van der Waals surface area contributed by atoms with Crippen molar-refractivity contribution in [3.05, 3.63) is 22.9 Å². The Morgan fingerprint density at radius 1 is 1.25 bits per heavy atom. The molecule has 3 nitrogen and oxygen atoms in total. The van der Waals surface area contributed by atoms with E-state index in [1.54, 1.807) is 6.07 Å². The molecule has 6 heteroatoms. The topological polar surface area (TPSA) is 48.7 Å². The predicted octanol–water partition coefficient (Wildman–Crippen LogP) is 3.34. The number of hydrogen-bond donors (Lipinski definition) is 1. The van der Waals surface area contributed by atoms with Gasteiger partial charge in [0, 0.05) is 5.69 Å². The average Bonchev–Trinajstić information content (AvgIpc) is 3.18. The van der Waals surface area contributed by atoms with Gasteiger partial charge in [-0.15, -0.1) is 0 Å². The second-order valence-corrected chi connectivity index (χ2v) is 5.51. The lowest BCUT2D eigenvalue weighted by molar-refractivity contribution is -0.151. The van der Waals surface area contributed by atoms with E-state index < -0.39 is 11.7 Å². The Morgan fingerprint density at radius 2 is 1.95 bits per heavy atom. The molecule has 0 aromatic carbocycles. The molecule has 0 amide bonds. The fourth-order valence-electron chi connectivity index (χ4n) is 2.65. The van der Waals surface area contributed by atoms with Gasteiger partial charge in [0.05, 0.1) is 5.56 Å². The Kier molecular flexibility index (Phi) is 2.89. The first kappa shape index (κ1) is 13.2. The van der Waals surface area contributed by atoms with E-state index in [0.29, 0.717) is 0 Å². The van der Waals surface area contributed by atoms with Gasteiger partial charge in [0.2, 0.25) is 0 Å². The van der Waals surface area contributed by atoms with Crippen molar-refractivity contribution in [1.82, 2.24) is 4.98 Å². The molecule has 20 heavy (non-hydrogen) atoms. The van der Waals surface area contributed by atoms with Crippen LogP contribution in [-0.2, 0) is 12.8 Å². The van der Waals surface area contributed by atoms with Crippen molar-refractivity contribution in [1.29, 1.82) is 5.26 Å². The third-order valence-corrected chi connectivity index (χ3v) is 4.07. The van der Waals surface area contributed by atoms with Crippen LogP contribution in [0.1, 0.15) is 42.5 Å². The smallest absolute Gasteiger partial charge is 0.355 e. The van der Waals surface area contributed by atoms with E-state index >= 15 is 0 Å². The minimum atomic E-state index is -4.31. The number of alkyl halides is 3. The number of aryl methyl sites for hydroxylation is 2. The zero-order valence-electron chi connectivity index (χ0n) is 10.8. The number of pyridine rings is 1. The van der Waals surface area contributed by atoms with Crippen LogP contribution in [0.3, 0.4) is 0 Å². The van der Waals surface area contributed by atoms with Gasteiger partial charge in [0.15, 0.2) is 0 Å². The van der Waals surface area contributed by atoms with Gasteiger partial charge in [-0.1, -0.05) is 0 Å². The van der Waals surface area contributed by atoms with E-state index in [1.807, 2.05) is 6.07 Å². The van der Waals surface area contributed by atoms with E-state index in [9.17, 15) is 13.2 Å². The summed E-state index contributed by atoms with van der Waals surface area (Å²) in [6, 6.07) is 3.65. The lowest BCUT2D eigenvalue weighted by Gasteiger charge is -2.23. The van der Waals surface area contributed by atoms with Gasteiger partial charge in [0.25, 0.3) is 0 Å². The first-order chi connectivity index (χ1) is 9.45. The zero-order valence-corrected chi connectivity index (χ0v) is 10.8. The lowest BCUT2D eigenvalue weighted by Crippen LogP contribution is -2.39. The summed E-state index contributed by atoms with van der Waals surface area (Å²) < 4.78 is 38.9. The van der Waals surface area contributed by atoms with Crippen LogP contribution in [0, 0.1) is 11.3 Å². The Morgan fingerprint density at radius 3 is 2.55 bits per heavy atom. The molecule has 2 aliphatic rings. The molecule has 1 aromatic rings.